The second-order valence-electron chi connectivity index (χ2n) is 5.61. The highest BCUT2D eigenvalue weighted by Crippen LogP contribution is 2.32. The normalized spacial score (nSPS) is 11.1. The van der Waals surface area contributed by atoms with Gasteiger partial charge in [-0.05, 0) is 29.8 Å². The summed E-state index contributed by atoms with van der Waals surface area (Å²) in [6.07, 6.45) is 1.48. The van der Waals surface area contributed by atoms with Crippen LogP contribution in [0, 0.1) is 0 Å². The summed E-state index contributed by atoms with van der Waals surface area (Å²) < 4.78 is 15.7. The SMILES string of the molecule is COc1ccc(C(C)(C)CNC(=O)c2ccco2)cc1OC. The molecular weight excluding hydrogens is 282 g/mol. The van der Waals surface area contributed by atoms with Gasteiger partial charge in [-0.1, -0.05) is 19.9 Å². The lowest BCUT2D eigenvalue weighted by Gasteiger charge is -2.26. The van der Waals surface area contributed by atoms with Crippen LogP contribution in [0.4, 0.5) is 0 Å². The Labute approximate surface area is 130 Å². The number of hydrogen-bond acceptors (Lipinski definition) is 4. The fraction of sp³-hybridized carbons (Fsp3) is 0.353. The van der Waals surface area contributed by atoms with E-state index in [1.54, 1.807) is 26.4 Å². The summed E-state index contributed by atoms with van der Waals surface area (Å²) in [4.78, 5) is 12.0. The molecule has 5 heteroatoms. The van der Waals surface area contributed by atoms with E-state index in [2.05, 4.69) is 19.2 Å². The molecule has 1 aromatic heterocycles. The van der Waals surface area contributed by atoms with Gasteiger partial charge in [0, 0.05) is 12.0 Å². The van der Waals surface area contributed by atoms with Crippen LogP contribution in [0.5, 0.6) is 11.5 Å². The van der Waals surface area contributed by atoms with Gasteiger partial charge in [-0.2, -0.15) is 0 Å². The summed E-state index contributed by atoms with van der Waals surface area (Å²) in [5.41, 5.74) is 0.784. The molecule has 22 heavy (non-hydrogen) atoms. The predicted molar refractivity (Wildman–Crippen MR) is 83.6 cm³/mol. The summed E-state index contributed by atoms with van der Waals surface area (Å²) >= 11 is 0. The molecule has 1 aromatic carbocycles. The van der Waals surface area contributed by atoms with Crippen LogP contribution in [0.1, 0.15) is 30.0 Å². The van der Waals surface area contributed by atoms with Gasteiger partial charge < -0.3 is 19.2 Å². The van der Waals surface area contributed by atoms with Crippen molar-refractivity contribution in [3.63, 3.8) is 0 Å². The van der Waals surface area contributed by atoms with Gasteiger partial charge in [-0.25, -0.2) is 0 Å². The van der Waals surface area contributed by atoms with Gasteiger partial charge in [0.25, 0.3) is 5.91 Å². The largest absolute Gasteiger partial charge is 0.493 e. The number of carbonyl (C=O) groups is 1. The second-order valence-corrected chi connectivity index (χ2v) is 5.61. The number of amides is 1. The summed E-state index contributed by atoms with van der Waals surface area (Å²) in [5.74, 6) is 1.44. The highest BCUT2D eigenvalue weighted by atomic mass is 16.5. The third-order valence-corrected chi connectivity index (χ3v) is 3.60. The summed E-state index contributed by atoms with van der Waals surface area (Å²) in [5, 5.41) is 2.89. The van der Waals surface area contributed by atoms with Crippen molar-refractivity contribution < 1.29 is 18.7 Å². The molecule has 0 aliphatic heterocycles. The molecule has 5 nitrogen and oxygen atoms in total. The molecule has 0 aliphatic rings. The molecule has 118 valence electrons. The van der Waals surface area contributed by atoms with E-state index in [0.717, 1.165) is 5.56 Å². The van der Waals surface area contributed by atoms with Crippen molar-refractivity contribution in [3.05, 3.63) is 47.9 Å². The average molecular weight is 303 g/mol. The number of carbonyl (C=O) groups excluding carboxylic acids is 1. The van der Waals surface area contributed by atoms with Crippen LogP contribution in [0.15, 0.2) is 41.0 Å². The molecule has 0 fully saturated rings. The standard InChI is InChI=1S/C17H21NO4/c1-17(2,11-18-16(19)14-6-5-9-22-14)12-7-8-13(20-3)15(10-12)21-4/h5-10H,11H2,1-4H3,(H,18,19). The van der Waals surface area contributed by atoms with Crippen LogP contribution in [0.2, 0.25) is 0 Å². The Morgan fingerprint density at radius 3 is 2.50 bits per heavy atom. The van der Waals surface area contributed by atoms with Gasteiger partial charge in [-0.15, -0.1) is 0 Å². The van der Waals surface area contributed by atoms with Crippen molar-refractivity contribution in [3.8, 4) is 11.5 Å². The predicted octanol–water partition coefficient (Wildman–Crippen LogP) is 3.00. The van der Waals surface area contributed by atoms with E-state index in [9.17, 15) is 4.79 Å². The summed E-state index contributed by atoms with van der Waals surface area (Å²) in [6, 6.07) is 9.09. The Bertz CT molecular complexity index is 632. The van der Waals surface area contributed by atoms with Crippen molar-refractivity contribution in [2.75, 3.05) is 20.8 Å². The van der Waals surface area contributed by atoms with Gasteiger partial charge in [-0.3, -0.25) is 4.79 Å². The van der Waals surface area contributed by atoms with Crippen LogP contribution >= 0.6 is 0 Å². The third kappa shape index (κ3) is 3.42. The Morgan fingerprint density at radius 1 is 1.18 bits per heavy atom. The Hall–Kier alpha value is -2.43. The lowest BCUT2D eigenvalue weighted by Crippen LogP contribution is -2.36. The highest BCUT2D eigenvalue weighted by molar-refractivity contribution is 5.91. The molecule has 1 amide bonds. The molecule has 0 saturated carbocycles. The van der Waals surface area contributed by atoms with E-state index in [4.69, 9.17) is 13.9 Å². The van der Waals surface area contributed by atoms with Gasteiger partial charge >= 0.3 is 0 Å². The van der Waals surface area contributed by atoms with Gasteiger partial charge in [0.2, 0.25) is 0 Å². The molecule has 0 radical (unpaired) electrons. The van der Waals surface area contributed by atoms with Crippen molar-refractivity contribution in [2.45, 2.75) is 19.3 Å². The van der Waals surface area contributed by atoms with Crippen LogP contribution in [0.25, 0.3) is 0 Å². The fourth-order valence-corrected chi connectivity index (χ4v) is 2.16. The highest BCUT2D eigenvalue weighted by Gasteiger charge is 2.23. The van der Waals surface area contributed by atoms with Crippen molar-refractivity contribution in [2.24, 2.45) is 0 Å². The van der Waals surface area contributed by atoms with Crippen molar-refractivity contribution in [1.29, 1.82) is 0 Å². The molecule has 0 unspecified atom stereocenters. The van der Waals surface area contributed by atoms with Gasteiger partial charge in [0.15, 0.2) is 17.3 Å². The topological polar surface area (TPSA) is 60.7 Å². The number of rotatable bonds is 6. The number of benzene rings is 1. The van der Waals surface area contributed by atoms with E-state index in [1.165, 1.54) is 6.26 Å². The van der Waals surface area contributed by atoms with E-state index in [1.807, 2.05) is 18.2 Å². The zero-order chi connectivity index (χ0) is 16.2. The van der Waals surface area contributed by atoms with Crippen LogP contribution in [-0.4, -0.2) is 26.7 Å². The Balaban J connectivity index is 2.11. The number of nitrogens with one attached hydrogen (secondary N) is 1. The maximum absolute atomic E-state index is 12.0. The van der Waals surface area contributed by atoms with E-state index < -0.39 is 0 Å². The third-order valence-electron chi connectivity index (χ3n) is 3.60. The summed E-state index contributed by atoms with van der Waals surface area (Å²) in [6.45, 7) is 4.58. The minimum atomic E-state index is -0.262. The minimum absolute atomic E-state index is 0.224. The van der Waals surface area contributed by atoms with Crippen LogP contribution < -0.4 is 14.8 Å². The first-order chi connectivity index (χ1) is 10.5. The van der Waals surface area contributed by atoms with Crippen LogP contribution in [0.3, 0.4) is 0 Å². The minimum Gasteiger partial charge on any atom is -0.493 e. The number of methoxy groups -OCH3 is 2. The first-order valence-corrected chi connectivity index (χ1v) is 7.02. The molecule has 0 bridgehead atoms. The maximum atomic E-state index is 12.0. The maximum Gasteiger partial charge on any atom is 0.287 e. The van der Waals surface area contributed by atoms with E-state index >= 15 is 0 Å². The van der Waals surface area contributed by atoms with Crippen molar-refractivity contribution >= 4 is 5.91 Å². The molecule has 0 atom stereocenters. The first-order valence-electron chi connectivity index (χ1n) is 7.02. The number of hydrogen-bond donors (Lipinski definition) is 1. The summed E-state index contributed by atoms with van der Waals surface area (Å²) in [7, 11) is 3.21. The lowest BCUT2D eigenvalue weighted by atomic mass is 9.84. The number of ether oxygens (including phenoxy) is 2. The smallest absolute Gasteiger partial charge is 0.287 e. The zero-order valence-corrected chi connectivity index (χ0v) is 13.3. The van der Waals surface area contributed by atoms with E-state index in [-0.39, 0.29) is 11.3 Å². The molecule has 2 rings (SSSR count). The zero-order valence-electron chi connectivity index (χ0n) is 13.3. The first kappa shape index (κ1) is 15.9. The number of furan rings is 1. The Kier molecular flexibility index (Phi) is 4.75. The molecule has 1 heterocycles. The average Bonchev–Trinajstić information content (AvgIpc) is 3.06. The quantitative estimate of drug-likeness (QED) is 0.891. The van der Waals surface area contributed by atoms with E-state index in [0.29, 0.717) is 23.8 Å². The Morgan fingerprint density at radius 2 is 1.91 bits per heavy atom. The van der Waals surface area contributed by atoms with Gasteiger partial charge in [0.05, 0.1) is 20.5 Å². The molecule has 0 saturated heterocycles. The lowest BCUT2D eigenvalue weighted by molar-refractivity contribution is 0.0918. The molecular formula is C17H21NO4. The molecule has 2 aromatic rings. The monoisotopic (exact) mass is 303 g/mol. The van der Waals surface area contributed by atoms with Crippen LogP contribution in [-0.2, 0) is 5.41 Å². The van der Waals surface area contributed by atoms with Gasteiger partial charge in [0.1, 0.15) is 0 Å². The fourth-order valence-electron chi connectivity index (χ4n) is 2.16. The molecule has 0 aliphatic carbocycles. The van der Waals surface area contributed by atoms with Crippen molar-refractivity contribution in [1.82, 2.24) is 5.32 Å². The molecule has 0 spiro atoms. The molecule has 1 N–H and O–H groups in total. The second kappa shape index (κ2) is 6.56.